The zero-order valence-electron chi connectivity index (χ0n) is 15.4. The molecular formula is C19H29N3O3. The number of benzene rings is 1. The second kappa shape index (κ2) is 9.42. The lowest BCUT2D eigenvalue weighted by Gasteiger charge is -2.24. The summed E-state index contributed by atoms with van der Waals surface area (Å²) in [5, 5.41) is 5.83. The van der Waals surface area contributed by atoms with E-state index >= 15 is 0 Å². The van der Waals surface area contributed by atoms with Gasteiger partial charge in [0.15, 0.2) is 0 Å². The van der Waals surface area contributed by atoms with Gasteiger partial charge in [0.05, 0.1) is 0 Å². The Hall–Kier alpha value is -2.08. The Labute approximate surface area is 149 Å². The molecule has 0 aromatic heterocycles. The molecule has 1 saturated heterocycles. The first-order valence-corrected chi connectivity index (χ1v) is 9.02. The number of rotatable bonds is 7. The van der Waals surface area contributed by atoms with E-state index in [2.05, 4.69) is 16.7 Å². The first-order valence-electron chi connectivity index (χ1n) is 9.02. The molecule has 2 N–H and O–H groups in total. The van der Waals surface area contributed by atoms with Crippen LogP contribution in [0.25, 0.3) is 0 Å². The summed E-state index contributed by atoms with van der Waals surface area (Å²) >= 11 is 0. The van der Waals surface area contributed by atoms with E-state index in [1.807, 2.05) is 32.9 Å². The van der Waals surface area contributed by atoms with Crippen LogP contribution in [0.4, 0.5) is 10.5 Å². The van der Waals surface area contributed by atoms with E-state index in [9.17, 15) is 9.59 Å². The molecule has 1 aromatic rings. The van der Waals surface area contributed by atoms with E-state index in [-0.39, 0.29) is 11.9 Å². The van der Waals surface area contributed by atoms with E-state index in [0.717, 1.165) is 29.7 Å². The van der Waals surface area contributed by atoms with Crippen LogP contribution in [0.1, 0.15) is 37.3 Å². The van der Waals surface area contributed by atoms with Gasteiger partial charge < -0.3 is 20.3 Å². The number of urea groups is 1. The van der Waals surface area contributed by atoms with Gasteiger partial charge >= 0.3 is 6.03 Å². The van der Waals surface area contributed by atoms with Gasteiger partial charge in [-0.15, -0.1) is 0 Å². The molecule has 2 rings (SSSR count). The van der Waals surface area contributed by atoms with Crippen LogP contribution in [0.5, 0.6) is 0 Å². The molecular weight excluding hydrogens is 318 g/mol. The lowest BCUT2D eigenvalue weighted by Crippen LogP contribution is -2.47. The van der Waals surface area contributed by atoms with Crippen LogP contribution in [0.3, 0.4) is 0 Å². The van der Waals surface area contributed by atoms with E-state index in [1.165, 1.54) is 0 Å². The predicted molar refractivity (Wildman–Crippen MR) is 98.8 cm³/mol. The second-order valence-corrected chi connectivity index (χ2v) is 6.50. The van der Waals surface area contributed by atoms with Gasteiger partial charge in [0.1, 0.15) is 6.04 Å². The zero-order valence-corrected chi connectivity index (χ0v) is 15.4. The molecule has 1 aliphatic heterocycles. The SMILES string of the molecule is CCOCCCNC(=O)[C@H]1CCCN1C(=O)Nc1cc(C)cc(C)c1. The number of likely N-dealkylation sites (tertiary alicyclic amines) is 1. The van der Waals surface area contributed by atoms with Crippen LogP contribution in [0.15, 0.2) is 18.2 Å². The minimum Gasteiger partial charge on any atom is -0.382 e. The highest BCUT2D eigenvalue weighted by Gasteiger charge is 2.33. The highest BCUT2D eigenvalue weighted by molar-refractivity contribution is 5.94. The number of hydrogen-bond acceptors (Lipinski definition) is 3. The van der Waals surface area contributed by atoms with E-state index in [4.69, 9.17) is 4.74 Å². The standard InChI is InChI=1S/C19H29N3O3/c1-4-25-10-6-8-20-18(23)17-7-5-9-22(17)19(24)21-16-12-14(2)11-15(3)13-16/h11-13,17H,4-10H2,1-3H3,(H,20,23)(H,21,24)/t17-/m1/s1. The smallest absolute Gasteiger partial charge is 0.322 e. The molecule has 0 spiro atoms. The van der Waals surface area contributed by atoms with Gasteiger partial charge in [0.25, 0.3) is 0 Å². The fraction of sp³-hybridized carbons (Fsp3) is 0.579. The van der Waals surface area contributed by atoms with Crippen LogP contribution < -0.4 is 10.6 Å². The highest BCUT2D eigenvalue weighted by Crippen LogP contribution is 2.20. The Morgan fingerprint density at radius 1 is 1.24 bits per heavy atom. The quantitative estimate of drug-likeness (QED) is 0.745. The Morgan fingerprint density at radius 2 is 1.96 bits per heavy atom. The third-order valence-electron chi connectivity index (χ3n) is 4.26. The van der Waals surface area contributed by atoms with Gasteiger partial charge in [-0.3, -0.25) is 4.79 Å². The van der Waals surface area contributed by atoms with Crippen LogP contribution in [0, 0.1) is 13.8 Å². The van der Waals surface area contributed by atoms with Crippen molar-refractivity contribution in [3.8, 4) is 0 Å². The summed E-state index contributed by atoms with van der Waals surface area (Å²) in [6.07, 6.45) is 2.33. The summed E-state index contributed by atoms with van der Waals surface area (Å²) in [7, 11) is 0. The summed E-state index contributed by atoms with van der Waals surface area (Å²) in [5.74, 6) is -0.0791. The third kappa shape index (κ3) is 5.74. The highest BCUT2D eigenvalue weighted by atomic mass is 16.5. The second-order valence-electron chi connectivity index (χ2n) is 6.50. The van der Waals surface area contributed by atoms with Crippen LogP contribution in [-0.4, -0.2) is 49.2 Å². The molecule has 6 heteroatoms. The van der Waals surface area contributed by atoms with Gasteiger partial charge in [-0.05, 0) is 63.3 Å². The summed E-state index contributed by atoms with van der Waals surface area (Å²) in [6, 6.07) is 5.33. The Morgan fingerprint density at radius 3 is 2.64 bits per heavy atom. The lowest BCUT2D eigenvalue weighted by atomic mass is 10.1. The minimum absolute atomic E-state index is 0.0791. The molecule has 1 heterocycles. The molecule has 0 radical (unpaired) electrons. The zero-order chi connectivity index (χ0) is 18.2. The number of nitrogens with zero attached hydrogens (tertiary/aromatic N) is 1. The van der Waals surface area contributed by atoms with E-state index < -0.39 is 6.04 Å². The van der Waals surface area contributed by atoms with Crippen molar-refractivity contribution in [3.63, 3.8) is 0 Å². The number of aryl methyl sites for hydroxylation is 2. The number of carbonyl (C=O) groups is 2. The summed E-state index contributed by atoms with van der Waals surface area (Å²) in [5.41, 5.74) is 2.96. The molecule has 0 saturated carbocycles. The third-order valence-corrected chi connectivity index (χ3v) is 4.26. The monoisotopic (exact) mass is 347 g/mol. The number of nitrogens with one attached hydrogen (secondary N) is 2. The molecule has 1 fully saturated rings. The molecule has 6 nitrogen and oxygen atoms in total. The molecule has 0 aliphatic carbocycles. The Kier molecular flexibility index (Phi) is 7.25. The molecule has 0 bridgehead atoms. The Bertz CT molecular complexity index is 583. The maximum absolute atomic E-state index is 12.6. The maximum atomic E-state index is 12.6. The lowest BCUT2D eigenvalue weighted by molar-refractivity contribution is -0.124. The molecule has 0 unspecified atom stereocenters. The van der Waals surface area contributed by atoms with Gasteiger partial charge in [-0.2, -0.15) is 0 Å². The van der Waals surface area contributed by atoms with Crippen molar-refractivity contribution in [2.45, 2.75) is 46.1 Å². The Balaban J connectivity index is 1.88. The van der Waals surface area contributed by atoms with Crippen molar-refractivity contribution in [1.82, 2.24) is 10.2 Å². The molecule has 1 aromatic carbocycles. The van der Waals surface area contributed by atoms with Gasteiger partial charge in [-0.1, -0.05) is 6.07 Å². The van der Waals surface area contributed by atoms with Gasteiger partial charge in [-0.25, -0.2) is 4.79 Å². The normalized spacial score (nSPS) is 16.8. The first kappa shape index (κ1) is 19.2. The molecule has 1 atom stereocenters. The van der Waals surface area contributed by atoms with Crippen molar-refractivity contribution < 1.29 is 14.3 Å². The summed E-state index contributed by atoms with van der Waals surface area (Å²) in [4.78, 5) is 26.6. The molecule has 25 heavy (non-hydrogen) atoms. The number of ether oxygens (including phenoxy) is 1. The van der Waals surface area contributed by atoms with Crippen LogP contribution in [-0.2, 0) is 9.53 Å². The number of amides is 3. The summed E-state index contributed by atoms with van der Waals surface area (Å²) < 4.78 is 5.26. The van der Waals surface area contributed by atoms with Crippen molar-refractivity contribution in [1.29, 1.82) is 0 Å². The predicted octanol–water partition coefficient (Wildman–Crippen LogP) is 2.84. The molecule has 3 amide bonds. The van der Waals surface area contributed by atoms with Crippen LogP contribution in [0.2, 0.25) is 0 Å². The van der Waals surface area contributed by atoms with Gasteiger partial charge in [0, 0.05) is 32.0 Å². The largest absolute Gasteiger partial charge is 0.382 e. The van der Waals surface area contributed by atoms with Crippen molar-refractivity contribution in [2.24, 2.45) is 0 Å². The van der Waals surface area contributed by atoms with Gasteiger partial charge in [0.2, 0.25) is 5.91 Å². The van der Waals surface area contributed by atoms with Crippen molar-refractivity contribution >= 4 is 17.6 Å². The van der Waals surface area contributed by atoms with E-state index in [0.29, 0.717) is 32.7 Å². The van der Waals surface area contributed by atoms with E-state index in [1.54, 1.807) is 4.90 Å². The number of carbonyl (C=O) groups excluding carboxylic acids is 2. The van der Waals surface area contributed by atoms with Crippen molar-refractivity contribution in [3.05, 3.63) is 29.3 Å². The maximum Gasteiger partial charge on any atom is 0.322 e. The summed E-state index contributed by atoms with van der Waals surface area (Å²) in [6.45, 7) is 8.44. The topological polar surface area (TPSA) is 70.7 Å². The fourth-order valence-corrected chi connectivity index (χ4v) is 3.17. The number of hydrogen-bond donors (Lipinski definition) is 2. The average molecular weight is 347 g/mol. The molecule has 138 valence electrons. The average Bonchev–Trinajstić information content (AvgIpc) is 3.03. The first-order chi connectivity index (χ1) is 12.0. The fourth-order valence-electron chi connectivity index (χ4n) is 3.17. The minimum atomic E-state index is -0.391. The molecule has 1 aliphatic rings. The van der Waals surface area contributed by atoms with Crippen molar-refractivity contribution in [2.75, 3.05) is 31.6 Å². The number of anilines is 1. The van der Waals surface area contributed by atoms with Crippen LogP contribution >= 0.6 is 0 Å².